The molecule has 0 saturated heterocycles. The van der Waals surface area contributed by atoms with E-state index in [-0.39, 0.29) is 30.2 Å². The van der Waals surface area contributed by atoms with Crippen molar-refractivity contribution in [2.24, 2.45) is 0 Å². The molecule has 8 nitrogen and oxygen atoms in total. The van der Waals surface area contributed by atoms with Crippen LogP contribution in [0.5, 0.6) is 0 Å². The summed E-state index contributed by atoms with van der Waals surface area (Å²) in [7, 11) is 0. The number of nitrogens with zero attached hydrogens (tertiary/aromatic N) is 2. The number of aromatic nitrogens is 2. The van der Waals surface area contributed by atoms with Gasteiger partial charge in [0, 0.05) is 18.2 Å². The number of amides is 2. The fourth-order valence-electron chi connectivity index (χ4n) is 2.48. The first-order chi connectivity index (χ1) is 14.0. The van der Waals surface area contributed by atoms with Gasteiger partial charge in [-0.3, -0.25) is 9.59 Å². The molecule has 0 aliphatic heterocycles. The molecule has 0 aliphatic rings. The number of anilines is 1. The Hall–Kier alpha value is -3.11. The van der Waals surface area contributed by atoms with Gasteiger partial charge >= 0.3 is 0 Å². The molecule has 2 aromatic heterocycles. The van der Waals surface area contributed by atoms with Gasteiger partial charge < -0.3 is 19.8 Å². The summed E-state index contributed by atoms with van der Waals surface area (Å²) in [4.78, 5) is 24.1. The number of furan rings is 1. The maximum atomic E-state index is 13.2. The first-order valence-electron chi connectivity index (χ1n) is 8.78. The van der Waals surface area contributed by atoms with Crippen LogP contribution in [0.15, 0.2) is 47.1 Å². The van der Waals surface area contributed by atoms with Crippen LogP contribution in [0.1, 0.15) is 27.5 Å². The van der Waals surface area contributed by atoms with Gasteiger partial charge in [-0.25, -0.2) is 4.39 Å². The minimum Gasteiger partial charge on any atom is -0.469 e. The lowest BCUT2D eigenvalue weighted by molar-refractivity contribution is -0.126. The molecule has 2 N–H and O–H groups in total. The molecule has 152 valence electrons. The second kappa shape index (κ2) is 9.89. The molecule has 2 amide bonds. The molecule has 0 fully saturated rings. The largest absolute Gasteiger partial charge is 0.469 e. The number of benzene rings is 1. The van der Waals surface area contributed by atoms with Gasteiger partial charge in [-0.05, 0) is 37.3 Å². The summed E-state index contributed by atoms with van der Waals surface area (Å²) in [6.45, 7) is 1.77. The van der Waals surface area contributed by atoms with Crippen LogP contribution < -0.4 is 10.6 Å². The standard InChI is InChI=1S/C19H19FN4O4S/c1-12(8-15-6-3-7-28-15)21-16(25)10-27-11-17-23-24-19(29-17)18(26)22-14-5-2-4-13(20)9-14/h2-7,9,12H,8,10-11H2,1H3,(H,21,25)(H,22,26)/t12-/m0/s1. The summed E-state index contributed by atoms with van der Waals surface area (Å²) in [5.74, 6) is -0.427. The highest BCUT2D eigenvalue weighted by Gasteiger charge is 2.14. The van der Waals surface area contributed by atoms with Crippen molar-refractivity contribution in [2.75, 3.05) is 11.9 Å². The van der Waals surface area contributed by atoms with E-state index in [9.17, 15) is 14.0 Å². The Morgan fingerprint density at radius 2 is 2.14 bits per heavy atom. The maximum Gasteiger partial charge on any atom is 0.286 e. The Morgan fingerprint density at radius 1 is 1.28 bits per heavy atom. The van der Waals surface area contributed by atoms with Gasteiger partial charge in [0.25, 0.3) is 5.91 Å². The van der Waals surface area contributed by atoms with Crippen molar-refractivity contribution < 1.29 is 23.1 Å². The molecule has 0 spiro atoms. The summed E-state index contributed by atoms with van der Waals surface area (Å²) in [6.07, 6.45) is 2.17. The number of carbonyl (C=O) groups is 2. The van der Waals surface area contributed by atoms with Gasteiger partial charge in [0.15, 0.2) is 0 Å². The van der Waals surface area contributed by atoms with Crippen molar-refractivity contribution in [3.63, 3.8) is 0 Å². The van der Waals surface area contributed by atoms with E-state index in [2.05, 4.69) is 20.8 Å². The number of hydrogen-bond donors (Lipinski definition) is 2. The smallest absolute Gasteiger partial charge is 0.286 e. The third kappa shape index (κ3) is 6.47. The molecule has 1 atom stereocenters. The lowest BCUT2D eigenvalue weighted by atomic mass is 10.2. The van der Waals surface area contributed by atoms with Gasteiger partial charge in [-0.15, -0.1) is 10.2 Å². The highest BCUT2D eigenvalue weighted by Crippen LogP contribution is 2.15. The van der Waals surface area contributed by atoms with E-state index in [1.807, 2.05) is 13.0 Å². The van der Waals surface area contributed by atoms with Crippen molar-refractivity contribution >= 4 is 28.8 Å². The second-order valence-corrected chi connectivity index (χ2v) is 7.27. The van der Waals surface area contributed by atoms with E-state index >= 15 is 0 Å². The normalized spacial score (nSPS) is 11.8. The molecule has 0 aliphatic carbocycles. The van der Waals surface area contributed by atoms with Crippen molar-refractivity contribution in [3.05, 3.63) is 64.3 Å². The highest BCUT2D eigenvalue weighted by atomic mass is 32.1. The molecule has 3 rings (SSSR count). The Labute approximate surface area is 170 Å². The average molecular weight is 418 g/mol. The zero-order chi connectivity index (χ0) is 20.6. The summed E-state index contributed by atoms with van der Waals surface area (Å²) in [5, 5.41) is 13.6. The minimum atomic E-state index is -0.496. The number of ether oxygens (including phenoxy) is 1. The van der Waals surface area contributed by atoms with E-state index in [4.69, 9.17) is 9.15 Å². The monoisotopic (exact) mass is 418 g/mol. The zero-order valence-corrected chi connectivity index (χ0v) is 16.4. The molecule has 0 unspecified atom stereocenters. The van der Waals surface area contributed by atoms with Crippen molar-refractivity contribution in [3.8, 4) is 0 Å². The summed E-state index contributed by atoms with van der Waals surface area (Å²) in [5.41, 5.74) is 0.323. The molecule has 3 aromatic rings. The van der Waals surface area contributed by atoms with Gasteiger partial charge in [0.1, 0.15) is 29.8 Å². The Balaban J connectivity index is 1.40. The average Bonchev–Trinajstić information content (AvgIpc) is 3.33. The van der Waals surface area contributed by atoms with Crippen LogP contribution in [0.3, 0.4) is 0 Å². The highest BCUT2D eigenvalue weighted by molar-refractivity contribution is 7.13. The van der Waals surface area contributed by atoms with Crippen molar-refractivity contribution in [1.29, 1.82) is 0 Å². The predicted molar refractivity (Wildman–Crippen MR) is 104 cm³/mol. The van der Waals surface area contributed by atoms with Gasteiger partial charge in [0.2, 0.25) is 10.9 Å². The molecular formula is C19H19FN4O4S. The maximum absolute atomic E-state index is 13.2. The topological polar surface area (TPSA) is 106 Å². The predicted octanol–water partition coefficient (Wildman–Crippen LogP) is 2.79. The number of carbonyl (C=O) groups excluding carboxylic acids is 2. The third-order valence-electron chi connectivity index (χ3n) is 3.70. The van der Waals surface area contributed by atoms with Crippen LogP contribution >= 0.6 is 11.3 Å². The SMILES string of the molecule is C[C@@H](Cc1ccco1)NC(=O)COCc1nnc(C(=O)Nc2cccc(F)c2)s1. The fraction of sp³-hybridized carbons (Fsp3) is 0.263. The summed E-state index contributed by atoms with van der Waals surface area (Å²) in [6, 6.07) is 9.08. The van der Waals surface area contributed by atoms with E-state index in [1.54, 1.807) is 18.4 Å². The Bertz CT molecular complexity index is 961. The quantitative estimate of drug-likeness (QED) is 0.553. The molecular weight excluding hydrogens is 399 g/mol. The number of nitrogens with one attached hydrogen (secondary N) is 2. The van der Waals surface area contributed by atoms with Crippen molar-refractivity contribution in [1.82, 2.24) is 15.5 Å². The van der Waals surface area contributed by atoms with Gasteiger partial charge in [-0.1, -0.05) is 17.4 Å². The number of hydrogen-bond acceptors (Lipinski definition) is 7. The molecule has 2 heterocycles. The third-order valence-corrected chi connectivity index (χ3v) is 4.59. The van der Waals surface area contributed by atoms with Crippen molar-refractivity contribution in [2.45, 2.75) is 26.0 Å². The molecule has 1 aromatic carbocycles. The lowest BCUT2D eigenvalue weighted by Crippen LogP contribution is -2.36. The Morgan fingerprint density at radius 3 is 2.90 bits per heavy atom. The Kier molecular flexibility index (Phi) is 7.04. The van der Waals surface area contributed by atoms with E-state index < -0.39 is 11.7 Å². The van der Waals surface area contributed by atoms with Crippen LogP contribution in [-0.4, -0.2) is 34.7 Å². The fourth-order valence-corrected chi connectivity index (χ4v) is 3.16. The van der Waals surface area contributed by atoms with Crippen LogP contribution in [0.4, 0.5) is 10.1 Å². The molecule has 0 saturated carbocycles. The van der Waals surface area contributed by atoms with Crippen LogP contribution in [0, 0.1) is 5.82 Å². The molecule has 0 bridgehead atoms. The minimum absolute atomic E-state index is 0.0465. The molecule has 10 heteroatoms. The first kappa shape index (κ1) is 20.6. The van der Waals surface area contributed by atoms with E-state index in [0.717, 1.165) is 17.1 Å². The zero-order valence-electron chi connectivity index (χ0n) is 15.6. The lowest BCUT2D eigenvalue weighted by Gasteiger charge is -2.12. The van der Waals surface area contributed by atoms with Gasteiger partial charge in [0.05, 0.1) is 6.26 Å². The van der Waals surface area contributed by atoms with Gasteiger partial charge in [-0.2, -0.15) is 0 Å². The summed E-state index contributed by atoms with van der Waals surface area (Å²) >= 11 is 1.04. The first-order valence-corrected chi connectivity index (χ1v) is 9.60. The van der Waals surface area contributed by atoms with Crippen LogP contribution in [-0.2, 0) is 22.6 Å². The summed E-state index contributed by atoms with van der Waals surface area (Å²) < 4.78 is 23.7. The number of rotatable bonds is 9. The van der Waals surface area contributed by atoms with Crippen LogP contribution in [0.2, 0.25) is 0 Å². The molecule has 29 heavy (non-hydrogen) atoms. The second-order valence-electron chi connectivity index (χ2n) is 6.21. The molecule has 0 radical (unpaired) electrons. The van der Waals surface area contributed by atoms with Crippen LogP contribution in [0.25, 0.3) is 0 Å². The van der Waals surface area contributed by atoms with E-state index in [0.29, 0.717) is 17.1 Å². The number of halogens is 1. The van der Waals surface area contributed by atoms with E-state index in [1.165, 1.54) is 18.2 Å².